The molecule has 3 unspecified atom stereocenters. The molecule has 6 atom stereocenters. The summed E-state index contributed by atoms with van der Waals surface area (Å²) in [5, 5.41) is 9.47. The number of unbranched alkanes of at least 4 members (excludes halogenated alkanes) is 2. The molecule has 8 nitrogen and oxygen atoms in total. The molecule has 0 aliphatic carbocycles. The van der Waals surface area contributed by atoms with Crippen molar-refractivity contribution in [3.8, 4) is 0 Å². The Morgan fingerprint density at radius 3 is 2.56 bits per heavy atom. The smallest absolute Gasteiger partial charge is 0.248 e. The van der Waals surface area contributed by atoms with Gasteiger partial charge >= 0.3 is 0 Å². The first-order valence-electron chi connectivity index (χ1n) is 12.3. The van der Waals surface area contributed by atoms with Gasteiger partial charge in [0.05, 0.1) is 17.9 Å². The Bertz CT molecular complexity index is 807. The third-order valence-electron chi connectivity index (χ3n) is 7.34. The van der Waals surface area contributed by atoms with Crippen LogP contribution in [0.25, 0.3) is 0 Å². The standard InChI is InChI=1S/C25H38BrN3O5/c1-5-8-9-13-28(12-7-3)24(33)21-25-16-17(26)20(34-25)18(22(31)27(4)11-6-2)19(25)23(32)29(21)14-10-15-30/h6-7,17-21,30H,2-3,5,8-16H2,1,4H3/t17?,18-,19+,20-,21?,25?/m1/s1. The fourth-order valence-corrected chi connectivity index (χ4v) is 6.83. The van der Waals surface area contributed by atoms with E-state index in [4.69, 9.17) is 4.74 Å². The molecule has 3 aliphatic rings. The number of fused-ring (bicyclic) bond motifs is 1. The van der Waals surface area contributed by atoms with Crippen molar-refractivity contribution < 1.29 is 24.2 Å². The number of alkyl halides is 1. The summed E-state index contributed by atoms with van der Waals surface area (Å²) in [6.07, 6.45) is 6.60. The lowest BCUT2D eigenvalue weighted by molar-refractivity contribution is -0.148. The minimum Gasteiger partial charge on any atom is -0.396 e. The fourth-order valence-electron chi connectivity index (χ4n) is 5.88. The van der Waals surface area contributed by atoms with Crippen LogP contribution in [0.1, 0.15) is 39.0 Å². The molecule has 3 heterocycles. The molecule has 0 saturated carbocycles. The van der Waals surface area contributed by atoms with Gasteiger partial charge in [0.2, 0.25) is 17.7 Å². The van der Waals surface area contributed by atoms with E-state index < -0.39 is 29.6 Å². The summed E-state index contributed by atoms with van der Waals surface area (Å²) >= 11 is 3.68. The van der Waals surface area contributed by atoms with Gasteiger partial charge in [-0.3, -0.25) is 14.4 Å². The second-order valence-electron chi connectivity index (χ2n) is 9.56. The van der Waals surface area contributed by atoms with Crippen molar-refractivity contribution in [2.45, 2.75) is 61.6 Å². The maximum Gasteiger partial charge on any atom is 0.248 e. The number of halogens is 1. The van der Waals surface area contributed by atoms with Crippen LogP contribution in [0.3, 0.4) is 0 Å². The van der Waals surface area contributed by atoms with E-state index in [1.807, 2.05) is 0 Å². The topological polar surface area (TPSA) is 90.4 Å². The summed E-state index contributed by atoms with van der Waals surface area (Å²) in [6, 6.07) is -0.828. The highest BCUT2D eigenvalue weighted by atomic mass is 79.9. The number of hydrogen-bond donors (Lipinski definition) is 1. The fraction of sp³-hybridized carbons (Fsp3) is 0.720. The van der Waals surface area contributed by atoms with Crippen LogP contribution >= 0.6 is 15.9 Å². The first-order valence-corrected chi connectivity index (χ1v) is 13.2. The van der Waals surface area contributed by atoms with E-state index in [-0.39, 0.29) is 35.7 Å². The molecule has 3 aliphatic heterocycles. The summed E-state index contributed by atoms with van der Waals surface area (Å²) in [4.78, 5) is 46.0. The second kappa shape index (κ2) is 11.4. The van der Waals surface area contributed by atoms with Crippen molar-refractivity contribution in [2.75, 3.05) is 39.8 Å². The van der Waals surface area contributed by atoms with E-state index in [0.29, 0.717) is 32.5 Å². The molecular weight excluding hydrogens is 502 g/mol. The molecule has 2 bridgehead atoms. The van der Waals surface area contributed by atoms with Gasteiger partial charge in [-0.25, -0.2) is 0 Å². The predicted molar refractivity (Wildman–Crippen MR) is 133 cm³/mol. The minimum absolute atomic E-state index is 0.0930. The van der Waals surface area contributed by atoms with Crippen LogP contribution in [0.15, 0.2) is 25.3 Å². The third kappa shape index (κ3) is 4.58. The number of likely N-dealkylation sites (N-methyl/N-ethyl adjacent to an activating group) is 1. The van der Waals surface area contributed by atoms with Crippen molar-refractivity contribution in [3.63, 3.8) is 0 Å². The molecule has 3 fully saturated rings. The van der Waals surface area contributed by atoms with Crippen LogP contribution in [0, 0.1) is 11.8 Å². The Morgan fingerprint density at radius 2 is 1.94 bits per heavy atom. The highest BCUT2D eigenvalue weighted by molar-refractivity contribution is 9.09. The van der Waals surface area contributed by atoms with Crippen molar-refractivity contribution >= 4 is 33.7 Å². The number of nitrogens with zero attached hydrogens (tertiary/aromatic N) is 3. The van der Waals surface area contributed by atoms with Gasteiger partial charge in [0.1, 0.15) is 11.6 Å². The summed E-state index contributed by atoms with van der Waals surface area (Å²) in [5.41, 5.74) is -1.07. The van der Waals surface area contributed by atoms with Crippen molar-refractivity contribution in [1.82, 2.24) is 14.7 Å². The molecule has 0 aromatic heterocycles. The average molecular weight is 540 g/mol. The highest BCUT2D eigenvalue weighted by Crippen LogP contribution is 2.60. The van der Waals surface area contributed by atoms with Crippen molar-refractivity contribution in [1.29, 1.82) is 0 Å². The van der Waals surface area contributed by atoms with E-state index in [1.165, 1.54) is 0 Å². The van der Waals surface area contributed by atoms with Crippen molar-refractivity contribution in [2.24, 2.45) is 11.8 Å². The number of likely N-dealkylation sites (tertiary alicyclic amines) is 1. The van der Waals surface area contributed by atoms with Crippen LogP contribution in [0.5, 0.6) is 0 Å². The number of aliphatic hydroxyl groups is 1. The summed E-state index contributed by atoms with van der Waals surface area (Å²) in [7, 11) is 1.69. The Balaban J connectivity index is 2.00. The number of ether oxygens (including phenoxy) is 1. The molecule has 3 rings (SSSR count). The number of carbonyl (C=O) groups excluding carboxylic acids is 3. The van der Waals surface area contributed by atoms with Gasteiger partial charge in [0.15, 0.2) is 0 Å². The normalized spacial score (nSPS) is 31.5. The number of rotatable bonds is 13. The number of carbonyl (C=O) groups is 3. The first kappa shape index (κ1) is 26.9. The zero-order chi connectivity index (χ0) is 25.0. The van der Waals surface area contributed by atoms with Gasteiger partial charge < -0.3 is 24.5 Å². The highest BCUT2D eigenvalue weighted by Gasteiger charge is 2.76. The molecule has 1 spiro atoms. The lowest BCUT2D eigenvalue weighted by Crippen LogP contribution is -2.57. The maximum atomic E-state index is 14.0. The Morgan fingerprint density at radius 1 is 1.24 bits per heavy atom. The van der Waals surface area contributed by atoms with Crippen LogP contribution in [-0.4, -0.2) is 99.9 Å². The SMILES string of the molecule is C=CCN(C)C(=O)[C@H]1[C@@H]2OC3(CC2Br)C(C(=O)N(CC=C)CCCCC)N(CCCO)C(=O)[C@H]13. The number of hydrogen-bond acceptors (Lipinski definition) is 5. The Hall–Kier alpha value is -1.71. The van der Waals surface area contributed by atoms with E-state index in [0.717, 1.165) is 19.3 Å². The lowest BCUT2D eigenvalue weighted by Gasteiger charge is -2.37. The minimum atomic E-state index is -1.07. The van der Waals surface area contributed by atoms with Gasteiger partial charge in [-0.05, 0) is 19.3 Å². The van der Waals surface area contributed by atoms with Crippen molar-refractivity contribution in [3.05, 3.63) is 25.3 Å². The van der Waals surface area contributed by atoms with Gasteiger partial charge in [-0.2, -0.15) is 0 Å². The molecule has 190 valence electrons. The molecular formula is C25H38BrN3O5. The molecule has 0 radical (unpaired) electrons. The van der Waals surface area contributed by atoms with E-state index in [2.05, 4.69) is 36.0 Å². The number of aliphatic hydroxyl groups excluding tert-OH is 1. The number of amides is 3. The quantitative estimate of drug-likeness (QED) is 0.219. The van der Waals surface area contributed by atoms with Gasteiger partial charge in [0.25, 0.3) is 0 Å². The zero-order valence-electron chi connectivity index (χ0n) is 20.3. The zero-order valence-corrected chi connectivity index (χ0v) is 21.9. The molecule has 1 N–H and O–H groups in total. The molecule has 3 saturated heterocycles. The monoisotopic (exact) mass is 539 g/mol. The molecule has 9 heteroatoms. The summed E-state index contributed by atoms with van der Waals surface area (Å²) in [6.45, 7) is 11.1. The largest absolute Gasteiger partial charge is 0.396 e. The van der Waals surface area contributed by atoms with Crippen LogP contribution < -0.4 is 0 Å². The van der Waals surface area contributed by atoms with Crippen LogP contribution in [0.2, 0.25) is 0 Å². The van der Waals surface area contributed by atoms with Gasteiger partial charge in [0, 0.05) is 44.7 Å². The molecule has 0 aromatic carbocycles. The molecule has 0 aromatic rings. The summed E-state index contributed by atoms with van der Waals surface area (Å²) in [5.74, 6) is -1.96. The van der Waals surface area contributed by atoms with E-state index in [1.54, 1.807) is 33.9 Å². The van der Waals surface area contributed by atoms with E-state index >= 15 is 0 Å². The predicted octanol–water partition coefficient (Wildman–Crippen LogP) is 1.97. The Labute approximate surface area is 211 Å². The Kier molecular flexibility index (Phi) is 8.98. The van der Waals surface area contributed by atoms with Crippen LogP contribution in [-0.2, 0) is 19.1 Å². The average Bonchev–Trinajstić information content (AvgIpc) is 3.39. The molecule has 3 amide bonds. The second-order valence-corrected chi connectivity index (χ2v) is 10.7. The van der Waals surface area contributed by atoms with Gasteiger partial charge in [-0.15, -0.1) is 13.2 Å². The van der Waals surface area contributed by atoms with Gasteiger partial charge in [-0.1, -0.05) is 47.8 Å². The van der Waals surface area contributed by atoms with Crippen LogP contribution in [0.4, 0.5) is 0 Å². The molecule has 34 heavy (non-hydrogen) atoms. The third-order valence-corrected chi connectivity index (χ3v) is 8.18. The first-order chi connectivity index (χ1) is 16.3. The van der Waals surface area contributed by atoms with E-state index in [9.17, 15) is 19.5 Å². The summed E-state index contributed by atoms with van der Waals surface area (Å²) < 4.78 is 6.51. The lowest BCUT2D eigenvalue weighted by atomic mass is 9.70. The maximum absolute atomic E-state index is 14.0.